The van der Waals surface area contributed by atoms with Gasteiger partial charge >= 0.3 is 0 Å². The highest BCUT2D eigenvalue weighted by atomic mass is 79.9. The van der Waals surface area contributed by atoms with Gasteiger partial charge in [-0.25, -0.2) is 0 Å². The lowest BCUT2D eigenvalue weighted by molar-refractivity contribution is 0.0100. The third-order valence-electron chi connectivity index (χ3n) is 2.31. The molecular formula is C10H13BrClNO. The minimum atomic E-state index is -0.479. The minimum absolute atomic E-state index is 0.413. The van der Waals surface area contributed by atoms with E-state index in [0.29, 0.717) is 11.6 Å². The second kappa shape index (κ2) is 4.62. The summed E-state index contributed by atoms with van der Waals surface area (Å²) in [5, 5.41) is 0.672. The van der Waals surface area contributed by atoms with Crippen molar-refractivity contribution in [3.05, 3.63) is 33.3 Å². The number of ether oxygens (including phenoxy) is 1. The molecule has 0 aromatic heterocycles. The van der Waals surface area contributed by atoms with Crippen LogP contribution in [0.5, 0.6) is 0 Å². The lowest BCUT2D eigenvalue weighted by Crippen LogP contribution is -2.33. The average molecular weight is 279 g/mol. The van der Waals surface area contributed by atoms with Crippen LogP contribution in [0.15, 0.2) is 22.7 Å². The topological polar surface area (TPSA) is 35.2 Å². The molecular weight excluding hydrogens is 265 g/mol. The highest BCUT2D eigenvalue weighted by molar-refractivity contribution is 9.10. The molecule has 0 fully saturated rings. The van der Waals surface area contributed by atoms with Crippen molar-refractivity contribution in [2.75, 3.05) is 13.7 Å². The van der Waals surface area contributed by atoms with Gasteiger partial charge in [-0.15, -0.1) is 0 Å². The highest BCUT2D eigenvalue weighted by Gasteiger charge is 2.24. The summed E-state index contributed by atoms with van der Waals surface area (Å²) in [4.78, 5) is 0. The van der Waals surface area contributed by atoms with Crippen molar-refractivity contribution < 1.29 is 4.74 Å². The molecule has 14 heavy (non-hydrogen) atoms. The molecule has 0 saturated carbocycles. The van der Waals surface area contributed by atoms with E-state index in [1.54, 1.807) is 7.11 Å². The van der Waals surface area contributed by atoms with Crippen LogP contribution >= 0.6 is 27.5 Å². The van der Waals surface area contributed by atoms with E-state index in [1.807, 2.05) is 25.1 Å². The second-order valence-corrected chi connectivity index (χ2v) is 4.65. The molecule has 0 heterocycles. The largest absolute Gasteiger partial charge is 0.372 e. The molecule has 0 bridgehead atoms. The molecule has 4 heteroatoms. The first-order chi connectivity index (χ1) is 6.51. The maximum absolute atomic E-state index is 5.94. The summed E-state index contributed by atoms with van der Waals surface area (Å²) < 4.78 is 6.31. The number of hydrogen-bond acceptors (Lipinski definition) is 2. The number of rotatable bonds is 3. The average Bonchev–Trinajstić information content (AvgIpc) is 2.15. The summed E-state index contributed by atoms with van der Waals surface area (Å²) in [6, 6.07) is 5.66. The Balaban J connectivity index is 3.17. The first-order valence-electron chi connectivity index (χ1n) is 4.23. The summed E-state index contributed by atoms with van der Waals surface area (Å²) in [7, 11) is 1.64. The van der Waals surface area contributed by atoms with Crippen molar-refractivity contribution in [1.82, 2.24) is 0 Å². The Bertz CT molecular complexity index is 306. The summed E-state index contributed by atoms with van der Waals surface area (Å²) in [6.45, 7) is 2.35. The van der Waals surface area contributed by atoms with Crippen LogP contribution in [0, 0.1) is 0 Å². The van der Waals surface area contributed by atoms with Gasteiger partial charge in [-0.3, -0.25) is 0 Å². The van der Waals surface area contributed by atoms with Crippen molar-refractivity contribution in [2.45, 2.75) is 12.5 Å². The molecule has 0 spiro atoms. The van der Waals surface area contributed by atoms with Crippen LogP contribution in [0.2, 0.25) is 5.02 Å². The van der Waals surface area contributed by atoms with E-state index in [-0.39, 0.29) is 0 Å². The normalized spacial score (nSPS) is 15.2. The number of benzene rings is 1. The molecule has 0 amide bonds. The zero-order chi connectivity index (χ0) is 10.8. The highest BCUT2D eigenvalue weighted by Crippen LogP contribution is 2.29. The van der Waals surface area contributed by atoms with Gasteiger partial charge in [-0.2, -0.15) is 0 Å². The predicted octanol–water partition coefficient (Wildman–Crippen LogP) is 2.92. The van der Waals surface area contributed by atoms with Gasteiger partial charge in [0.1, 0.15) is 5.60 Å². The van der Waals surface area contributed by atoms with Crippen LogP contribution in [-0.2, 0) is 10.3 Å². The Labute approximate surface area is 97.5 Å². The SMILES string of the molecule is COC(C)(CN)c1cc(Cl)cc(Br)c1. The van der Waals surface area contributed by atoms with E-state index in [2.05, 4.69) is 15.9 Å². The zero-order valence-electron chi connectivity index (χ0n) is 8.18. The number of halogens is 2. The Kier molecular flexibility index (Phi) is 3.95. The zero-order valence-corrected chi connectivity index (χ0v) is 10.5. The van der Waals surface area contributed by atoms with E-state index in [0.717, 1.165) is 10.0 Å². The minimum Gasteiger partial charge on any atom is -0.372 e. The van der Waals surface area contributed by atoms with Crippen molar-refractivity contribution in [3.63, 3.8) is 0 Å². The molecule has 1 unspecified atom stereocenters. The maximum Gasteiger partial charge on any atom is 0.102 e. The van der Waals surface area contributed by atoms with Gasteiger partial charge in [0.2, 0.25) is 0 Å². The quantitative estimate of drug-likeness (QED) is 0.923. The van der Waals surface area contributed by atoms with E-state index >= 15 is 0 Å². The van der Waals surface area contributed by atoms with Gasteiger partial charge in [0.25, 0.3) is 0 Å². The Morgan fingerprint density at radius 1 is 1.50 bits per heavy atom. The Hall–Kier alpha value is -0.0900. The maximum atomic E-state index is 5.94. The van der Waals surface area contributed by atoms with Crippen LogP contribution in [0.4, 0.5) is 0 Å². The number of hydrogen-bond donors (Lipinski definition) is 1. The van der Waals surface area contributed by atoms with Gasteiger partial charge < -0.3 is 10.5 Å². The van der Waals surface area contributed by atoms with Crippen molar-refractivity contribution >= 4 is 27.5 Å². The molecule has 2 nitrogen and oxygen atoms in total. The molecule has 1 atom stereocenters. The lowest BCUT2D eigenvalue weighted by Gasteiger charge is -2.27. The molecule has 1 aromatic carbocycles. The summed E-state index contributed by atoms with van der Waals surface area (Å²) in [5.41, 5.74) is 6.16. The second-order valence-electron chi connectivity index (χ2n) is 3.30. The van der Waals surface area contributed by atoms with Gasteiger partial charge in [0.05, 0.1) is 0 Å². The van der Waals surface area contributed by atoms with E-state index in [9.17, 15) is 0 Å². The fourth-order valence-electron chi connectivity index (χ4n) is 1.18. The summed E-state index contributed by atoms with van der Waals surface area (Å²) in [6.07, 6.45) is 0. The van der Waals surface area contributed by atoms with Crippen LogP contribution in [0.25, 0.3) is 0 Å². The van der Waals surface area contributed by atoms with Crippen LogP contribution in [-0.4, -0.2) is 13.7 Å². The van der Waals surface area contributed by atoms with E-state index in [1.165, 1.54) is 0 Å². The standard InChI is InChI=1S/C10H13BrClNO/c1-10(6-13,14-2)7-3-8(11)5-9(12)4-7/h3-5H,6,13H2,1-2H3. The molecule has 0 radical (unpaired) electrons. The molecule has 0 saturated heterocycles. The van der Waals surface area contributed by atoms with Crippen LogP contribution < -0.4 is 5.73 Å². The van der Waals surface area contributed by atoms with Gasteiger partial charge in [-0.05, 0) is 30.7 Å². The van der Waals surface area contributed by atoms with Crippen LogP contribution in [0.1, 0.15) is 12.5 Å². The van der Waals surface area contributed by atoms with Crippen molar-refractivity contribution in [2.24, 2.45) is 5.73 Å². The van der Waals surface area contributed by atoms with Crippen molar-refractivity contribution in [1.29, 1.82) is 0 Å². The number of nitrogens with two attached hydrogens (primary N) is 1. The van der Waals surface area contributed by atoms with Crippen LogP contribution in [0.3, 0.4) is 0 Å². The Morgan fingerprint density at radius 3 is 2.57 bits per heavy atom. The molecule has 1 aromatic rings. The molecule has 0 aliphatic carbocycles. The fourth-order valence-corrected chi connectivity index (χ4v) is 2.04. The van der Waals surface area contributed by atoms with Gasteiger partial charge in [0.15, 0.2) is 0 Å². The monoisotopic (exact) mass is 277 g/mol. The fraction of sp³-hybridized carbons (Fsp3) is 0.400. The first kappa shape index (κ1) is 12.0. The third-order valence-corrected chi connectivity index (χ3v) is 2.99. The van der Waals surface area contributed by atoms with Crippen molar-refractivity contribution in [3.8, 4) is 0 Å². The van der Waals surface area contributed by atoms with Gasteiger partial charge in [0, 0.05) is 23.1 Å². The van der Waals surface area contributed by atoms with E-state index in [4.69, 9.17) is 22.1 Å². The number of methoxy groups -OCH3 is 1. The van der Waals surface area contributed by atoms with E-state index < -0.39 is 5.60 Å². The summed E-state index contributed by atoms with van der Waals surface area (Å²) in [5.74, 6) is 0. The van der Waals surface area contributed by atoms with Gasteiger partial charge in [-0.1, -0.05) is 27.5 Å². The molecule has 2 N–H and O–H groups in total. The molecule has 1 rings (SSSR count). The lowest BCUT2D eigenvalue weighted by atomic mass is 9.96. The third kappa shape index (κ3) is 2.48. The molecule has 0 aliphatic rings. The smallest absolute Gasteiger partial charge is 0.102 e. The Morgan fingerprint density at radius 2 is 2.14 bits per heavy atom. The summed E-state index contributed by atoms with van der Waals surface area (Å²) >= 11 is 9.33. The predicted molar refractivity (Wildman–Crippen MR) is 62.6 cm³/mol. The molecule has 0 aliphatic heterocycles. The molecule has 78 valence electrons. The first-order valence-corrected chi connectivity index (χ1v) is 5.41.